The zero-order chi connectivity index (χ0) is 16.2. The van der Waals surface area contributed by atoms with Crippen molar-refractivity contribution in [2.75, 3.05) is 40.4 Å². The number of hydrogen-bond acceptors (Lipinski definition) is 4. The third-order valence-electron chi connectivity index (χ3n) is 3.81. The number of methoxy groups -OCH3 is 2. The second-order valence-electron chi connectivity index (χ2n) is 5.24. The fraction of sp³-hybridized carbons (Fsp3) is 0.600. The highest BCUT2D eigenvalue weighted by atomic mass is 19.4. The Morgan fingerprint density at radius 2 is 1.77 bits per heavy atom. The molecule has 2 rings (SSSR count). The summed E-state index contributed by atoms with van der Waals surface area (Å²) in [5.74, 6) is 0.958. The van der Waals surface area contributed by atoms with Gasteiger partial charge in [0.15, 0.2) is 11.5 Å². The summed E-state index contributed by atoms with van der Waals surface area (Å²) in [6, 6.07) is 4.26. The van der Waals surface area contributed by atoms with Crippen molar-refractivity contribution < 1.29 is 22.6 Å². The molecule has 1 aromatic rings. The number of rotatable bonds is 5. The summed E-state index contributed by atoms with van der Waals surface area (Å²) in [6.07, 6.45) is -5.09. The third kappa shape index (κ3) is 4.27. The highest BCUT2D eigenvalue weighted by Crippen LogP contribution is 2.37. The first-order valence-corrected chi connectivity index (χ1v) is 7.18. The maximum Gasteiger partial charge on any atom is 0.390 e. The van der Waals surface area contributed by atoms with Gasteiger partial charge < -0.3 is 14.8 Å². The number of hydrogen-bond donors (Lipinski definition) is 1. The molecule has 4 nitrogen and oxygen atoms in total. The topological polar surface area (TPSA) is 33.7 Å². The second-order valence-corrected chi connectivity index (χ2v) is 5.24. The minimum atomic E-state index is -4.22. The highest BCUT2D eigenvalue weighted by Gasteiger charge is 2.36. The summed E-state index contributed by atoms with van der Waals surface area (Å²) in [5, 5.41) is 3.16. The van der Waals surface area contributed by atoms with Gasteiger partial charge in [0.1, 0.15) is 0 Å². The Morgan fingerprint density at radius 3 is 2.32 bits per heavy atom. The van der Waals surface area contributed by atoms with Gasteiger partial charge in [0, 0.05) is 32.2 Å². The molecule has 0 unspecified atom stereocenters. The molecule has 0 bridgehead atoms. The number of halogens is 3. The van der Waals surface area contributed by atoms with E-state index in [9.17, 15) is 13.2 Å². The lowest BCUT2D eigenvalue weighted by atomic mass is 10.00. The molecule has 0 saturated carbocycles. The van der Waals surface area contributed by atoms with Crippen LogP contribution in [0.3, 0.4) is 0 Å². The van der Waals surface area contributed by atoms with Crippen LogP contribution in [0.15, 0.2) is 18.2 Å². The first-order chi connectivity index (χ1) is 10.4. The number of benzene rings is 1. The van der Waals surface area contributed by atoms with Crippen molar-refractivity contribution >= 4 is 0 Å². The van der Waals surface area contributed by atoms with Gasteiger partial charge in [-0.2, -0.15) is 13.2 Å². The van der Waals surface area contributed by atoms with Gasteiger partial charge >= 0.3 is 6.18 Å². The van der Waals surface area contributed by atoms with Gasteiger partial charge in [-0.25, -0.2) is 0 Å². The van der Waals surface area contributed by atoms with Crippen LogP contribution in [-0.4, -0.2) is 51.5 Å². The van der Waals surface area contributed by atoms with E-state index in [0.717, 1.165) is 0 Å². The molecule has 0 aliphatic carbocycles. The summed E-state index contributed by atoms with van der Waals surface area (Å²) in [5.41, 5.74) is 0.594. The van der Waals surface area contributed by atoms with E-state index in [1.807, 2.05) is 4.90 Å². The summed E-state index contributed by atoms with van der Waals surface area (Å²) < 4.78 is 49.3. The van der Waals surface area contributed by atoms with Crippen LogP contribution in [0.5, 0.6) is 11.5 Å². The Labute approximate surface area is 128 Å². The molecule has 1 aromatic carbocycles. The van der Waals surface area contributed by atoms with E-state index >= 15 is 0 Å². The van der Waals surface area contributed by atoms with E-state index < -0.39 is 18.6 Å². The number of nitrogens with one attached hydrogen (secondary N) is 1. The summed E-state index contributed by atoms with van der Waals surface area (Å²) in [7, 11) is 2.98. The molecule has 1 aliphatic rings. The molecule has 124 valence electrons. The Hall–Kier alpha value is -1.47. The fourth-order valence-corrected chi connectivity index (χ4v) is 2.73. The Bertz CT molecular complexity index is 488. The van der Waals surface area contributed by atoms with E-state index in [1.165, 1.54) is 14.2 Å². The van der Waals surface area contributed by atoms with E-state index in [0.29, 0.717) is 43.2 Å². The normalized spacial score (nSPS) is 18.0. The number of piperazine rings is 1. The second kappa shape index (κ2) is 7.19. The largest absolute Gasteiger partial charge is 0.493 e. The molecule has 0 aromatic heterocycles. The van der Waals surface area contributed by atoms with E-state index in [4.69, 9.17) is 9.47 Å². The SMILES string of the molecule is COc1ccc([C@H](CC(F)(F)F)N2CCNCC2)cc1OC. The summed E-state index contributed by atoms with van der Waals surface area (Å²) in [6.45, 7) is 2.58. The molecule has 1 atom stereocenters. The monoisotopic (exact) mass is 318 g/mol. The molecular formula is C15H21F3N2O2. The van der Waals surface area contributed by atoms with Crippen LogP contribution in [0.1, 0.15) is 18.0 Å². The quantitative estimate of drug-likeness (QED) is 0.905. The zero-order valence-corrected chi connectivity index (χ0v) is 12.7. The smallest absolute Gasteiger partial charge is 0.390 e. The van der Waals surface area contributed by atoms with Gasteiger partial charge in [-0.1, -0.05) is 6.07 Å². The number of nitrogens with zero attached hydrogens (tertiary/aromatic N) is 1. The first-order valence-electron chi connectivity index (χ1n) is 7.18. The average molecular weight is 318 g/mol. The maximum absolute atomic E-state index is 13.0. The van der Waals surface area contributed by atoms with Gasteiger partial charge in [-0.15, -0.1) is 0 Å². The lowest BCUT2D eigenvalue weighted by Gasteiger charge is -2.35. The molecular weight excluding hydrogens is 297 g/mol. The Balaban J connectivity index is 2.30. The van der Waals surface area contributed by atoms with Crippen molar-refractivity contribution in [3.8, 4) is 11.5 Å². The first kappa shape index (κ1) is 16.9. The van der Waals surface area contributed by atoms with Crippen molar-refractivity contribution in [1.82, 2.24) is 10.2 Å². The van der Waals surface area contributed by atoms with E-state index in [-0.39, 0.29) is 0 Å². The van der Waals surface area contributed by atoms with E-state index in [2.05, 4.69) is 5.32 Å². The molecule has 0 radical (unpaired) electrons. The van der Waals surface area contributed by atoms with Gasteiger partial charge in [0.05, 0.1) is 20.6 Å². The molecule has 1 heterocycles. The lowest BCUT2D eigenvalue weighted by Crippen LogP contribution is -2.46. The predicted octanol–water partition coefficient (Wildman–Crippen LogP) is 2.60. The molecule has 0 amide bonds. The van der Waals surface area contributed by atoms with Crippen molar-refractivity contribution in [2.45, 2.75) is 18.6 Å². The van der Waals surface area contributed by atoms with Gasteiger partial charge in [0.25, 0.3) is 0 Å². The van der Waals surface area contributed by atoms with Crippen molar-refractivity contribution in [2.24, 2.45) is 0 Å². The minimum Gasteiger partial charge on any atom is -0.493 e. The van der Waals surface area contributed by atoms with Gasteiger partial charge in [-0.3, -0.25) is 4.90 Å². The fourth-order valence-electron chi connectivity index (χ4n) is 2.73. The molecule has 1 N–H and O–H groups in total. The molecule has 1 aliphatic heterocycles. The van der Waals surface area contributed by atoms with Crippen LogP contribution in [-0.2, 0) is 0 Å². The van der Waals surface area contributed by atoms with Gasteiger partial charge in [0.2, 0.25) is 0 Å². The van der Waals surface area contributed by atoms with E-state index in [1.54, 1.807) is 18.2 Å². The van der Waals surface area contributed by atoms with Crippen molar-refractivity contribution in [1.29, 1.82) is 0 Å². The van der Waals surface area contributed by atoms with Crippen LogP contribution in [0.4, 0.5) is 13.2 Å². The molecule has 22 heavy (non-hydrogen) atoms. The van der Waals surface area contributed by atoms with Gasteiger partial charge in [-0.05, 0) is 17.7 Å². The number of alkyl halides is 3. The Morgan fingerprint density at radius 1 is 1.14 bits per heavy atom. The molecule has 0 spiro atoms. The van der Waals surface area contributed by atoms with Crippen LogP contribution < -0.4 is 14.8 Å². The van der Waals surface area contributed by atoms with Crippen LogP contribution >= 0.6 is 0 Å². The predicted molar refractivity (Wildman–Crippen MR) is 77.4 cm³/mol. The zero-order valence-electron chi connectivity index (χ0n) is 12.7. The third-order valence-corrected chi connectivity index (χ3v) is 3.81. The van der Waals surface area contributed by atoms with Crippen LogP contribution in [0.25, 0.3) is 0 Å². The maximum atomic E-state index is 13.0. The van der Waals surface area contributed by atoms with Crippen molar-refractivity contribution in [3.63, 3.8) is 0 Å². The van der Waals surface area contributed by atoms with Crippen molar-refractivity contribution in [3.05, 3.63) is 23.8 Å². The number of ether oxygens (including phenoxy) is 2. The minimum absolute atomic E-state index is 0.447. The standard InChI is InChI=1S/C15H21F3N2O2/c1-21-13-4-3-11(9-14(13)22-2)12(10-15(16,17)18)20-7-5-19-6-8-20/h3-4,9,12,19H,5-8,10H2,1-2H3/t12-/m0/s1. The molecule has 1 fully saturated rings. The average Bonchev–Trinajstić information content (AvgIpc) is 2.52. The Kier molecular flexibility index (Phi) is 5.52. The lowest BCUT2D eigenvalue weighted by molar-refractivity contribution is -0.148. The van der Waals surface area contributed by atoms with Crippen LogP contribution in [0, 0.1) is 0 Å². The molecule has 7 heteroatoms. The highest BCUT2D eigenvalue weighted by molar-refractivity contribution is 5.43. The molecule has 1 saturated heterocycles. The summed E-state index contributed by atoms with van der Waals surface area (Å²) in [4.78, 5) is 1.87. The summed E-state index contributed by atoms with van der Waals surface area (Å²) >= 11 is 0. The van der Waals surface area contributed by atoms with Crippen LogP contribution in [0.2, 0.25) is 0 Å².